The van der Waals surface area contributed by atoms with Crippen LogP contribution in [-0.4, -0.2) is 55.2 Å². The molecule has 1 aliphatic heterocycles. The zero-order valence-corrected chi connectivity index (χ0v) is 15.6. The van der Waals surface area contributed by atoms with Crippen LogP contribution in [0.5, 0.6) is 0 Å². The van der Waals surface area contributed by atoms with E-state index in [1.807, 2.05) is 25.1 Å². The summed E-state index contributed by atoms with van der Waals surface area (Å²) in [5.74, 6) is 0.427. The number of likely N-dealkylation sites (tertiary alicyclic amines) is 1. The molecule has 9 heteroatoms. The van der Waals surface area contributed by atoms with Gasteiger partial charge in [-0.1, -0.05) is 12.1 Å². The van der Waals surface area contributed by atoms with Crippen LogP contribution in [0.2, 0.25) is 0 Å². The summed E-state index contributed by atoms with van der Waals surface area (Å²) >= 11 is 0. The van der Waals surface area contributed by atoms with Gasteiger partial charge in [-0.15, -0.1) is 0 Å². The van der Waals surface area contributed by atoms with E-state index in [0.29, 0.717) is 44.2 Å². The molecule has 1 unspecified atom stereocenters. The van der Waals surface area contributed by atoms with Crippen LogP contribution in [0.15, 0.2) is 29.3 Å². The van der Waals surface area contributed by atoms with Crippen molar-refractivity contribution in [3.63, 3.8) is 0 Å². The van der Waals surface area contributed by atoms with Gasteiger partial charge in [-0.05, 0) is 31.0 Å². The van der Waals surface area contributed by atoms with Gasteiger partial charge in [0.25, 0.3) is 0 Å². The third-order valence-electron chi connectivity index (χ3n) is 4.03. The number of hydrogen-bond donors (Lipinski definition) is 3. The van der Waals surface area contributed by atoms with Gasteiger partial charge in [0.15, 0.2) is 5.96 Å². The Morgan fingerprint density at radius 3 is 2.81 bits per heavy atom. The van der Waals surface area contributed by atoms with E-state index in [9.17, 15) is 18.0 Å². The number of nitrogens with one attached hydrogen (secondary N) is 3. The quantitative estimate of drug-likeness (QED) is 0.519. The predicted molar refractivity (Wildman–Crippen MR) is 99.6 cm³/mol. The minimum Gasteiger partial charge on any atom is -0.357 e. The van der Waals surface area contributed by atoms with Crippen LogP contribution in [0, 0.1) is 0 Å². The molecule has 0 saturated carbocycles. The normalized spacial score (nSPS) is 18.4. The summed E-state index contributed by atoms with van der Waals surface area (Å²) in [6, 6.07) is 7.30. The van der Waals surface area contributed by atoms with Crippen LogP contribution in [0.3, 0.4) is 0 Å². The van der Waals surface area contributed by atoms with Gasteiger partial charge in [-0.25, -0.2) is 4.99 Å². The van der Waals surface area contributed by atoms with Crippen molar-refractivity contribution in [1.29, 1.82) is 0 Å². The summed E-state index contributed by atoms with van der Waals surface area (Å²) < 4.78 is 37.5. The molecule has 0 radical (unpaired) electrons. The van der Waals surface area contributed by atoms with Crippen molar-refractivity contribution in [3.8, 4) is 0 Å². The number of carbonyl (C=O) groups is 1. The Morgan fingerprint density at radius 1 is 1.37 bits per heavy atom. The summed E-state index contributed by atoms with van der Waals surface area (Å²) in [6.45, 7) is 4.28. The number of carbonyl (C=O) groups excluding carboxylic acids is 1. The molecule has 0 aromatic heterocycles. The highest BCUT2D eigenvalue weighted by atomic mass is 19.4. The molecule has 3 N–H and O–H groups in total. The van der Waals surface area contributed by atoms with Gasteiger partial charge in [0.1, 0.15) is 0 Å². The third-order valence-corrected chi connectivity index (χ3v) is 4.03. The lowest BCUT2D eigenvalue weighted by molar-refractivity contribution is -0.143. The molecule has 1 amide bonds. The van der Waals surface area contributed by atoms with Crippen molar-refractivity contribution < 1.29 is 18.0 Å². The van der Waals surface area contributed by atoms with E-state index in [2.05, 4.69) is 20.9 Å². The number of nitrogens with zero attached hydrogens (tertiary/aromatic N) is 2. The first-order valence-corrected chi connectivity index (χ1v) is 8.95. The van der Waals surface area contributed by atoms with Gasteiger partial charge in [-0.2, -0.15) is 13.2 Å². The van der Waals surface area contributed by atoms with E-state index in [0.717, 1.165) is 5.56 Å². The molecule has 1 aromatic rings. The molecular formula is C18H26F3N5O. The molecule has 150 valence electrons. The summed E-state index contributed by atoms with van der Waals surface area (Å²) in [6.07, 6.45) is -3.54. The molecule has 6 nitrogen and oxygen atoms in total. The first kappa shape index (κ1) is 21.0. The molecule has 2 rings (SSSR count). The molecular weight excluding hydrogens is 359 g/mol. The van der Waals surface area contributed by atoms with Crippen LogP contribution >= 0.6 is 0 Å². The Kier molecular flexibility index (Phi) is 7.46. The lowest BCUT2D eigenvalue weighted by atomic mass is 10.2. The number of halogens is 3. The van der Waals surface area contributed by atoms with Gasteiger partial charge in [0.05, 0.1) is 13.1 Å². The highest BCUT2D eigenvalue weighted by Crippen LogP contribution is 2.20. The average Bonchev–Trinajstić information content (AvgIpc) is 2.97. The highest BCUT2D eigenvalue weighted by molar-refractivity contribution is 5.88. The van der Waals surface area contributed by atoms with Crippen LogP contribution in [0.25, 0.3) is 0 Å². The number of benzene rings is 1. The summed E-state index contributed by atoms with van der Waals surface area (Å²) in [5.41, 5.74) is 1.62. The van der Waals surface area contributed by atoms with E-state index >= 15 is 0 Å². The van der Waals surface area contributed by atoms with E-state index in [1.54, 1.807) is 6.07 Å². The lowest BCUT2D eigenvalue weighted by Gasteiger charge is -2.19. The Morgan fingerprint density at radius 2 is 2.15 bits per heavy atom. The van der Waals surface area contributed by atoms with Gasteiger partial charge in [-0.3, -0.25) is 9.69 Å². The van der Waals surface area contributed by atoms with Crippen molar-refractivity contribution in [3.05, 3.63) is 29.8 Å². The minimum absolute atomic E-state index is 0.0733. The van der Waals surface area contributed by atoms with Gasteiger partial charge in [0, 0.05) is 38.3 Å². The second kappa shape index (κ2) is 9.59. The van der Waals surface area contributed by atoms with E-state index in [-0.39, 0.29) is 11.9 Å². The van der Waals surface area contributed by atoms with Crippen molar-refractivity contribution in [1.82, 2.24) is 15.5 Å². The Bertz CT molecular complexity index is 663. The fourth-order valence-corrected chi connectivity index (χ4v) is 2.98. The Hall–Kier alpha value is -2.29. The standard InChI is InChI=1S/C18H26F3N5O/c1-3-22-17(25-16-7-8-26(11-16)12-18(19,20)21)23-10-14-5-4-6-15(9-14)24-13(2)27/h4-6,9,16H,3,7-8,10-12H2,1-2H3,(H,24,27)(H2,22,23,25). The van der Waals surface area contributed by atoms with Crippen LogP contribution in [0.1, 0.15) is 25.8 Å². The second-order valence-corrected chi connectivity index (χ2v) is 6.56. The predicted octanol–water partition coefficient (Wildman–Crippen LogP) is 2.34. The topological polar surface area (TPSA) is 68.8 Å². The molecule has 0 aliphatic carbocycles. The first-order valence-electron chi connectivity index (χ1n) is 8.95. The highest BCUT2D eigenvalue weighted by Gasteiger charge is 2.34. The number of alkyl halides is 3. The summed E-state index contributed by atoms with van der Waals surface area (Å²) in [4.78, 5) is 17.1. The number of hydrogen-bond acceptors (Lipinski definition) is 3. The monoisotopic (exact) mass is 385 g/mol. The first-order chi connectivity index (χ1) is 12.7. The van der Waals surface area contributed by atoms with Gasteiger partial charge < -0.3 is 16.0 Å². The minimum atomic E-state index is -4.17. The van der Waals surface area contributed by atoms with Crippen molar-refractivity contribution in [2.24, 2.45) is 4.99 Å². The van der Waals surface area contributed by atoms with E-state index < -0.39 is 12.7 Å². The smallest absolute Gasteiger partial charge is 0.357 e. The number of rotatable bonds is 6. The fraction of sp³-hybridized carbons (Fsp3) is 0.556. The molecule has 27 heavy (non-hydrogen) atoms. The molecule has 1 aromatic carbocycles. The van der Waals surface area contributed by atoms with E-state index in [1.165, 1.54) is 11.8 Å². The fourth-order valence-electron chi connectivity index (χ4n) is 2.98. The maximum atomic E-state index is 12.5. The molecule has 1 atom stereocenters. The van der Waals surface area contributed by atoms with Crippen LogP contribution in [-0.2, 0) is 11.3 Å². The third kappa shape index (κ3) is 7.86. The van der Waals surface area contributed by atoms with Crippen molar-refractivity contribution in [2.45, 2.75) is 39.0 Å². The summed E-state index contributed by atoms with van der Waals surface area (Å²) in [5, 5.41) is 9.05. The molecule has 1 fully saturated rings. The number of anilines is 1. The Balaban J connectivity index is 1.94. The largest absolute Gasteiger partial charge is 0.401 e. The van der Waals surface area contributed by atoms with Crippen LogP contribution < -0.4 is 16.0 Å². The maximum Gasteiger partial charge on any atom is 0.401 e. The molecule has 0 bridgehead atoms. The van der Waals surface area contributed by atoms with Gasteiger partial charge in [0.2, 0.25) is 5.91 Å². The molecule has 1 aliphatic rings. The molecule has 1 heterocycles. The maximum absolute atomic E-state index is 12.5. The Labute approximate surface area is 157 Å². The summed E-state index contributed by atoms with van der Waals surface area (Å²) in [7, 11) is 0. The zero-order valence-electron chi connectivity index (χ0n) is 15.6. The number of amides is 1. The molecule has 0 spiro atoms. The number of guanidine groups is 1. The van der Waals surface area contributed by atoms with Crippen LogP contribution in [0.4, 0.5) is 18.9 Å². The van der Waals surface area contributed by atoms with Crippen molar-refractivity contribution >= 4 is 17.6 Å². The SMILES string of the molecule is CCNC(=NCc1cccc(NC(C)=O)c1)NC1CCN(CC(F)(F)F)C1. The average molecular weight is 385 g/mol. The van der Waals surface area contributed by atoms with Crippen molar-refractivity contribution in [2.75, 3.05) is 31.5 Å². The van der Waals surface area contributed by atoms with E-state index in [4.69, 9.17) is 0 Å². The lowest BCUT2D eigenvalue weighted by Crippen LogP contribution is -2.45. The molecule has 1 saturated heterocycles. The number of aliphatic imine (C=N–C) groups is 1. The zero-order chi connectivity index (χ0) is 19.9. The second-order valence-electron chi connectivity index (χ2n) is 6.56. The van der Waals surface area contributed by atoms with Gasteiger partial charge >= 0.3 is 6.18 Å².